The highest BCUT2D eigenvalue weighted by molar-refractivity contribution is 5.96. The second kappa shape index (κ2) is 5.84. The summed E-state index contributed by atoms with van der Waals surface area (Å²) in [6.45, 7) is 2.22. The second-order valence-corrected chi connectivity index (χ2v) is 4.98. The number of nitrogens with one attached hydrogen (secondary N) is 1. The molecular weight excluding hydrogens is 232 g/mol. The number of nitrogens with zero attached hydrogens (tertiary/aromatic N) is 2. The molecule has 1 aliphatic carbocycles. The lowest BCUT2D eigenvalue weighted by Crippen LogP contribution is -2.38. The molecule has 3 N–H and O–H groups in total. The number of carbonyl (C=O) groups is 1. The first-order chi connectivity index (χ1) is 8.70. The molecule has 1 heterocycles. The van der Waals surface area contributed by atoms with Gasteiger partial charge in [-0.25, -0.2) is 4.63 Å². The third-order valence-electron chi connectivity index (χ3n) is 3.61. The third kappa shape index (κ3) is 3.00. The lowest BCUT2D eigenvalue weighted by Gasteiger charge is -2.28. The Morgan fingerprint density at radius 1 is 1.39 bits per heavy atom. The Kier molecular flexibility index (Phi) is 4.17. The SMILES string of the molecule is CCCC1CCC(NC(=O)c2nonc2N)CC1. The van der Waals surface area contributed by atoms with Crippen molar-refractivity contribution >= 4 is 11.7 Å². The summed E-state index contributed by atoms with van der Waals surface area (Å²) in [6.07, 6.45) is 6.96. The predicted octanol–water partition coefficient (Wildman–Crippen LogP) is 1.74. The van der Waals surface area contributed by atoms with Crippen LogP contribution in [-0.4, -0.2) is 22.3 Å². The minimum absolute atomic E-state index is 0.0483. The van der Waals surface area contributed by atoms with E-state index in [1.54, 1.807) is 0 Å². The number of hydrogen-bond donors (Lipinski definition) is 2. The van der Waals surface area contributed by atoms with Gasteiger partial charge in [0.2, 0.25) is 11.5 Å². The first kappa shape index (κ1) is 12.9. The van der Waals surface area contributed by atoms with E-state index in [9.17, 15) is 4.79 Å². The van der Waals surface area contributed by atoms with Crippen LogP contribution in [0, 0.1) is 5.92 Å². The topological polar surface area (TPSA) is 94.0 Å². The summed E-state index contributed by atoms with van der Waals surface area (Å²) in [6, 6.07) is 0.224. The average molecular weight is 252 g/mol. The first-order valence-corrected chi connectivity index (χ1v) is 6.59. The molecule has 1 saturated carbocycles. The number of hydrogen-bond acceptors (Lipinski definition) is 5. The van der Waals surface area contributed by atoms with Gasteiger partial charge < -0.3 is 11.1 Å². The molecule has 0 radical (unpaired) electrons. The van der Waals surface area contributed by atoms with E-state index in [4.69, 9.17) is 5.73 Å². The Morgan fingerprint density at radius 3 is 2.67 bits per heavy atom. The van der Waals surface area contributed by atoms with Gasteiger partial charge in [0.15, 0.2) is 0 Å². The molecule has 1 aliphatic rings. The van der Waals surface area contributed by atoms with Crippen molar-refractivity contribution in [3.05, 3.63) is 5.69 Å². The fourth-order valence-electron chi connectivity index (χ4n) is 2.61. The molecule has 6 heteroatoms. The van der Waals surface area contributed by atoms with Gasteiger partial charge in [-0.3, -0.25) is 4.79 Å². The smallest absolute Gasteiger partial charge is 0.277 e. The van der Waals surface area contributed by atoms with Crippen molar-refractivity contribution in [2.24, 2.45) is 5.92 Å². The highest BCUT2D eigenvalue weighted by Crippen LogP contribution is 2.27. The standard InChI is InChI=1S/C12H20N4O2/c1-2-3-8-4-6-9(7-5-8)14-12(17)10-11(13)16-18-15-10/h8-9H,2-7H2,1H3,(H2,13,16)(H,14,17). The molecule has 1 amide bonds. The summed E-state index contributed by atoms with van der Waals surface area (Å²) in [7, 11) is 0. The van der Waals surface area contributed by atoms with E-state index in [-0.39, 0.29) is 23.5 Å². The minimum Gasteiger partial charge on any atom is -0.379 e. The monoisotopic (exact) mass is 252 g/mol. The summed E-state index contributed by atoms with van der Waals surface area (Å²) in [5.41, 5.74) is 5.57. The van der Waals surface area contributed by atoms with Crippen molar-refractivity contribution in [2.45, 2.75) is 51.5 Å². The summed E-state index contributed by atoms with van der Waals surface area (Å²) < 4.78 is 4.42. The maximum Gasteiger partial charge on any atom is 0.277 e. The van der Waals surface area contributed by atoms with Crippen LogP contribution in [0.25, 0.3) is 0 Å². The van der Waals surface area contributed by atoms with Crippen LogP contribution in [-0.2, 0) is 0 Å². The zero-order chi connectivity index (χ0) is 13.0. The first-order valence-electron chi connectivity index (χ1n) is 6.59. The van der Waals surface area contributed by atoms with Crippen molar-refractivity contribution in [1.29, 1.82) is 0 Å². The molecule has 6 nitrogen and oxygen atoms in total. The Hall–Kier alpha value is -1.59. The number of carbonyl (C=O) groups excluding carboxylic acids is 1. The summed E-state index contributed by atoms with van der Waals surface area (Å²) >= 11 is 0. The average Bonchev–Trinajstić information content (AvgIpc) is 2.78. The lowest BCUT2D eigenvalue weighted by atomic mass is 9.83. The summed E-state index contributed by atoms with van der Waals surface area (Å²) in [4.78, 5) is 11.8. The molecule has 0 atom stereocenters. The molecule has 0 aromatic carbocycles. The van der Waals surface area contributed by atoms with E-state index in [0.717, 1.165) is 18.8 Å². The van der Waals surface area contributed by atoms with Gasteiger partial charge in [-0.2, -0.15) is 0 Å². The lowest BCUT2D eigenvalue weighted by molar-refractivity contribution is 0.0912. The van der Waals surface area contributed by atoms with E-state index in [2.05, 4.69) is 27.2 Å². The van der Waals surface area contributed by atoms with E-state index in [1.165, 1.54) is 25.7 Å². The third-order valence-corrected chi connectivity index (χ3v) is 3.61. The second-order valence-electron chi connectivity index (χ2n) is 4.98. The number of anilines is 1. The van der Waals surface area contributed by atoms with Gasteiger partial charge in [-0.05, 0) is 41.9 Å². The van der Waals surface area contributed by atoms with Gasteiger partial charge in [-0.15, -0.1) is 0 Å². The van der Waals surface area contributed by atoms with Crippen LogP contribution in [0.3, 0.4) is 0 Å². The maximum absolute atomic E-state index is 11.8. The molecule has 0 saturated heterocycles. The molecule has 100 valence electrons. The summed E-state index contributed by atoms with van der Waals surface area (Å²) in [5, 5.41) is 9.84. The van der Waals surface area contributed by atoms with Crippen LogP contribution < -0.4 is 11.1 Å². The van der Waals surface area contributed by atoms with Crippen LogP contribution in [0.2, 0.25) is 0 Å². The number of amides is 1. The zero-order valence-corrected chi connectivity index (χ0v) is 10.7. The molecule has 0 aliphatic heterocycles. The molecule has 0 bridgehead atoms. The Morgan fingerprint density at radius 2 is 2.11 bits per heavy atom. The molecule has 0 spiro atoms. The molecule has 2 rings (SSSR count). The van der Waals surface area contributed by atoms with E-state index >= 15 is 0 Å². The maximum atomic E-state index is 11.8. The van der Waals surface area contributed by atoms with Crippen molar-refractivity contribution < 1.29 is 9.42 Å². The Balaban J connectivity index is 1.81. The van der Waals surface area contributed by atoms with Crippen LogP contribution >= 0.6 is 0 Å². The van der Waals surface area contributed by atoms with Crippen LogP contribution in [0.1, 0.15) is 55.9 Å². The van der Waals surface area contributed by atoms with Crippen molar-refractivity contribution in [3.8, 4) is 0 Å². The quantitative estimate of drug-likeness (QED) is 0.851. The highest BCUT2D eigenvalue weighted by Gasteiger charge is 2.24. The van der Waals surface area contributed by atoms with Gasteiger partial charge in [0.05, 0.1) is 0 Å². The van der Waals surface area contributed by atoms with Gasteiger partial charge in [0.25, 0.3) is 5.91 Å². The minimum atomic E-state index is -0.285. The highest BCUT2D eigenvalue weighted by atomic mass is 16.6. The van der Waals surface area contributed by atoms with Gasteiger partial charge in [0, 0.05) is 6.04 Å². The van der Waals surface area contributed by atoms with Crippen molar-refractivity contribution in [1.82, 2.24) is 15.6 Å². The van der Waals surface area contributed by atoms with E-state index in [1.807, 2.05) is 0 Å². The molecular formula is C12H20N4O2. The van der Waals surface area contributed by atoms with Crippen molar-refractivity contribution in [2.75, 3.05) is 5.73 Å². The van der Waals surface area contributed by atoms with Gasteiger partial charge in [0.1, 0.15) is 0 Å². The fraction of sp³-hybridized carbons (Fsp3) is 0.750. The molecule has 0 unspecified atom stereocenters. The largest absolute Gasteiger partial charge is 0.379 e. The zero-order valence-electron chi connectivity index (χ0n) is 10.7. The number of nitrogen functional groups attached to an aromatic ring is 1. The number of rotatable bonds is 4. The predicted molar refractivity (Wildman–Crippen MR) is 66.8 cm³/mol. The number of aromatic nitrogens is 2. The molecule has 1 aromatic rings. The molecule has 1 aromatic heterocycles. The van der Waals surface area contributed by atoms with Gasteiger partial charge >= 0.3 is 0 Å². The Bertz CT molecular complexity index is 397. The van der Waals surface area contributed by atoms with Crippen molar-refractivity contribution in [3.63, 3.8) is 0 Å². The Labute approximate surface area is 106 Å². The van der Waals surface area contributed by atoms with E-state index in [0.29, 0.717) is 0 Å². The van der Waals surface area contributed by atoms with Crippen LogP contribution in [0.5, 0.6) is 0 Å². The van der Waals surface area contributed by atoms with Crippen LogP contribution in [0.15, 0.2) is 4.63 Å². The molecule has 18 heavy (non-hydrogen) atoms. The fourth-order valence-corrected chi connectivity index (χ4v) is 2.61. The number of nitrogens with two attached hydrogens (primary N) is 1. The van der Waals surface area contributed by atoms with E-state index < -0.39 is 0 Å². The van der Waals surface area contributed by atoms with Crippen LogP contribution in [0.4, 0.5) is 5.82 Å². The molecule has 1 fully saturated rings. The summed E-state index contributed by atoms with van der Waals surface area (Å²) in [5.74, 6) is 0.585. The van der Waals surface area contributed by atoms with Gasteiger partial charge in [-0.1, -0.05) is 19.8 Å². The normalized spacial score (nSPS) is 23.8.